The number of rotatable bonds is 3. The van der Waals surface area contributed by atoms with Crippen molar-refractivity contribution >= 4 is 50.7 Å². The standard InChI is InChI=1S/C26H17N2O.C11H8N.Ir/c1-18-10-12-19(13-11-18)27-17-28(24-8-4-3-7-23(24)27)20-14-15-22-21-6-2-5-9-25(21)29-26(22)16-20;1-2-6-10(7-3-1)11-8-4-5-9-12-11;/h2-13,15-16H,1H3;1-6,8-9H;/q+1;-1;. The molecule has 0 N–H and O–H groups in total. The molecule has 5 heteroatoms. The maximum absolute atomic E-state index is 6.08. The molecule has 203 valence electrons. The average molecular weight is 720 g/mol. The minimum absolute atomic E-state index is 0. The fourth-order valence-electron chi connectivity index (χ4n) is 4.98. The van der Waals surface area contributed by atoms with Crippen molar-refractivity contribution in [3.63, 3.8) is 0 Å². The Morgan fingerprint density at radius 2 is 1.43 bits per heavy atom. The number of pyridine rings is 1. The van der Waals surface area contributed by atoms with Crippen molar-refractivity contribution in [3.8, 4) is 11.3 Å². The molecule has 2 aromatic heterocycles. The monoisotopic (exact) mass is 720 g/mol. The molecule has 0 saturated carbocycles. The number of nitrogens with zero attached hydrogens (tertiary/aromatic N) is 3. The van der Waals surface area contributed by atoms with Crippen LogP contribution >= 0.6 is 0 Å². The van der Waals surface area contributed by atoms with Crippen molar-refractivity contribution in [3.05, 3.63) is 151 Å². The van der Waals surface area contributed by atoms with E-state index in [2.05, 4.69) is 83.2 Å². The van der Waals surface area contributed by atoms with Crippen molar-refractivity contribution in [1.82, 2.24) is 14.1 Å². The zero-order valence-electron chi connectivity index (χ0n) is 22.8. The zero-order chi connectivity index (χ0) is 27.6. The number of furan rings is 1. The summed E-state index contributed by atoms with van der Waals surface area (Å²) in [5.41, 5.74) is 9.14. The van der Waals surface area contributed by atoms with Crippen LogP contribution in [0.4, 0.5) is 22.7 Å². The maximum atomic E-state index is 6.08. The molecule has 1 aliphatic heterocycles. The van der Waals surface area contributed by atoms with Gasteiger partial charge in [0.15, 0.2) is 0 Å². The molecule has 0 aliphatic carbocycles. The van der Waals surface area contributed by atoms with E-state index in [1.54, 1.807) is 6.20 Å². The first-order valence-electron chi connectivity index (χ1n) is 13.5. The smallest absolute Gasteiger partial charge is 0.483 e. The molecule has 1 aliphatic rings. The quantitative estimate of drug-likeness (QED) is 0.135. The first kappa shape index (κ1) is 27.3. The molecule has 0 amide bonds. The van der Waals surface area contributed by atoms with Crippen LogP contribution < -0.4 is 9.15 Å². The fraction of sp³-hybridized carbons (Fsp3) is 0.0270. The normalized spacial score (nSPS) is 11.6. The third-order valence-electron chi connectivity index (χ3n) is 7.04. The van der Waals surface area contributed by atoms with E-state index in [1.807, 2.05) is 83.4 Å². The largest absolute Gasteiger partial charge is 0.501 e. The van der Waals surface area contributed by atoms with Crippen LogP contribution in [0, 0.1) is 19.1 Å². The summed E-state index contributed by atoms with van der Waals surface area (Å²) in [6.07, 6.45) is 1.79. The summed E-state index contributed by atoms with van der Waals surface area (Å²) in [7, 11) is 0. The molecule has 5 aromatic carbocycles. The minimum Gasteiger partial charge on any atom is -0.483 e. The Labute approximate surface area is 257 Å². The van der Waals surface area contributed by atoms with E-state index < -0.39 is 0 Å². The molecule has 4 nitrogen and oxygen atoms in total. The van der Waals surface area contributed by atoms with Gasteiger partial charge in [-0.3, -0.25) is 0 Å². The van der Waals surface area contributed by atoms with Crippen molar-refractivity contribution in [2.75, 3.05) is 0 Å². The topological polar surface area (TPSA) is 32.0 Å². The van der Waals surface area contributed by atoms with E-state index in [0.29, 0.717) is 0 Å². The van der Waals surface area contributed by atoms with Gasteiger partial charge in [-0.1, -0.05) is 76.2 Å². The number of hydrogen-bond donors (Lipinski definition) is 0. The van der Waals surface area contributed by atoms with Gasteiger partial charge in [0.2, 0.25) is 5.69 Å². The SMILES string of the molecule is Cc1ccc([N+]2=C=[N+](c3[c-]cc4c(c3)oc3ccccc34)c3ccccc32)cc1.[Ir].[c-]1ccccc1-c1ccccn1. The van der Waals surface area contributed by atoms with Gasteiger partial charge in [-0.15, -0.1) is 42.0 Å². The first-order valence-corrected chi connectivity index (χ1v) is 13.5. The van der Waals surface area contributed by atoms with Crippen LogP contribution in [0.2, 0.25) is 0 Å². The molecule has 0 saturated heterocycles. The maximum Gasteiger partial charge on any atom is 0.501 e. The van der Waals surface area contributed by atoms with E-state index in [0.717, 1.165) is 55.9 Å². The third-order valence-corrected chi connectivity index (χ3v) is 7.04. The van der Waals surface area contributed by atoms with Gasteiger partial charge < -0.3 is 9.40 Å². The second-order valence-corrected chi connectivity index (χ2v) is 9.78. The second-order valence-electron chi connectivity index (χ2n) is 9.78. The third kappa shape index (κ3) is 5.25. The number of fused-ring (bicyclic) bond motifs is 4. The Morgan fingerprint density at radius 1 is 0.690 bits per heavy atom. The number of aryl methyl sites for hydroxylation is 1. The van der Waals surface area contributed by atoms with E-state index >= 15 is 0 Å². The first-order chi connectivity index (χ1) is 20.2. The Morgan fingerprint density at radius 3 is 2.19 bits per heavy atom. The van der Waals surface area contributed by atoms with Crippen LogP contribution in [-0.2, 0) is 20.1 Å². The van der Waals surface area contributed by atoms with Gasteiger partial charge in [-0.05, 0) is 34.7 Å². The predicted octanol–water partition coefficient (Wildman–Crippen LogP) is 9.10. The molecule has 0 bridgehead atoms. The number of hydrogen-bond acceptors (Lipinski definition) is 2. The molecule has 0 atom stereocenters. The molecule has 3 heterocycles. The average Bonchev–Trinajstić information content (AvgIpc) is 3.61. The van der Waals surface area contributed by atoms with Crippen LogP contribution in [0.3, 0.4) is 0 Å². The predicted molar refractivity (Wildman–Crippen MR) is 167 cm³/mol. The Hall–Kier alpha value is -4.92. The van der Waals surface area contributed by atoms with Crippen molar-refractivity contribution in [2.45, 2.75) is 6.92 Å². The Balaban J connectivity index is 0.000000205. The molecular formula is C37H25IrN3O. The number of benzene rings is 5. The second kappa shape index (κ2) is 11.9. The van der Waals surface area contributed by atoms with Gasteiger partial charge in [-0.2, -0.15) is 6.07 Å². The van der Waals surface area contributed by atoms with Gasteiger partial charge in [0, 0.05) is 56.2 Å². The summed E-state index contributed by atoms with van der Waals surface area (Å²) in [5.74, 6) is 0. The van der Waals surface area contributed by atoms with Gasteiger partial charge in [0.05, 0.1) is 0 Å². The molecule has 0 unspecified atom stereocenters. The van der Waals surface area contributed by atoms with E-state index in [9.17, 15) is 0 Å². The van der Waals surface area contributed by atoms with Crippen LogP contribution in [0.15, 0.2) is 138 Å². The van der Waals surface area contributed by atoms with Crippen LogP contribution in [0.5, 0.6) is 0 Å². The van der Waals surface area contributed by atoms with E-state index in [4.69, 9.17) is 4.42 Å². The summed E-state index contributed by atoms with van der Waals surface area (Å²) in [6.45, 7) is 2.10. The van der Waals surface area contributed by atoms with Crippen molar-refractivity contribution < 1.29 is 24.5 Å². The molecule has 7 aromatic rings. The summed E-state index contributed by atoms with van der Waals surface area (Å²) in [6, 6.07) is 52.7. The molecule has 1 radical (unpaired) electrons. The summed E-state index contributed by atoms with van der Waals surface area (Å²) in [4.78, 5) is 4.22. The van der Waals surface area contributed by atoms with Crippen LogP contribution in [0.1, 0.15) is 5.56 Å². The zero-order valence-corrected chi connectivity index (χ0v) is 25.2. The van der Waals surface area contributed by atoms with Crippen molar-refractivity contribution in [1.29, 1.82) is 0 Å². The van der Waals surface area contributed by atoms with Gasteiger partial charge in [-0.25, -0.2) is 0 Å². The van der Waals surface area contributed by atoms with Gasteiger partial charge in [0.25, 0.3) is 11.4 Å². The molecular weight excluding hydrogens is 695 g/mol. The van der Waals surface area contributed by atoms with Crippen molar-refractivity contribution in [2.24, 2.45) is 0 Å². The summed E-state index contributed by atoms with van der Waals surface area (Å²) in [5, 5.41) is 2.19. The van der Waals surface area contributed by atoms with Gasteiger partial charge in [0.1, 0.15) is 11.3 Å². The molecule has 0 spiro atoms. The molecule has 42 heavy (non-hydrogen) atoms. The summed E-state index contributed by atoms with van der Waals surface area (Å²) >= 11 is 0. The van der Waals surface area contributed by atoms with E-state index in [1.165, 1.54) is 5.56 Å². The van der Waals surface area contributed by atoms with E-state index in [-0.39, 0.29) is 20.1 Å². The van der Waals surface area contributed by atoms with Crippen LogP contribution in [-0.4, -0.2) is 11.0 Å². The minimum atomic E-state index is 0. The number of aromatic nitrogens is 1. The number of para-hydroxylation sites is 3. The Bertz CT molecular complexity index is 2040. The molecule has 8 rings (SSSR count). The molecule has 0 fully saturated rings. The summed E-state index contributed by atoms with van der Waals surface area (Å²) < 4.78 is 10.2. The van der Waals surface area contributed by atoms with Crippen LogP contribution in [0.25, 0.3) is 33.2 Å². The Kier molecular flexibility index (Phi) is 7.72. The van der Waals surface area contributed by atoms with Gasteiger partial charge >= 0.3 is 6.01 Å². The fourth-order valence-corrected chi connectivity index (χ4v) is 4.98.